The Bertz CT molecular complexity index is 1210. The van der Waals surface area contributed by atoms with E-state index in [1.54, 1.807) is 24.3 Å². The number of hydrogen-bond donors (Lipinski definition) is 0. The van der Waals surface area contributed by atoms with Gasteiger partial charge in [0.15, 0.2) is 34.8 Å². The van der Waals surface area contributed by atoms with Gasteiger partial charge in [0.2, 0.25) is 0 Å². The molecule has 0 N–H and O–H groups in total. The number of halogens is 7. The summed E-state index contributed by atoms with van der Waals surface area (Å²) in [5.41, 5.74) is -0.00735. The molecule has 3 aromatic rings. The Morgan fingerprint density at radius 2 is 1.45 bits per heavy atom. The molecular weight excluding hydrogens is 513 g/mol. The van der Waals surface area contributed by atoms with E-state index in [1.165, 1.54) is 19.3 Å². The SMILES string of the molecule is CCCCCC1CCC(c2ccc(-c3cc(F)c(OC(F)(F)c4cc(F)c(F)c(F)c4)c(F)c3)cc2)OC1. The zero-order valence-corrected chi connectivity index (χ0v) is 20.7. The van der Waals surface area contributed by atoms with Crippen molar-refractivity contribution in [3.8, 4) is 16.9 Å². The maximum absolute atomic E-state index is 14.7. The summed E-state index contributed by atoms with van der Waals surface area (Å²) in [6, 6.07) is 8.51. The minimum Gasteiger partial charge on any atom is -0.423 e. The fraction of sp³-hybridized carbons (Fsp3) is 0.379. The molecule has 1 aliphatic heterocycles. The third kappa shape index (κ3) is 6.31. The molecule has 38 heavy (non-hydrogen) atoms. The summed E-state index contributed by atoms with van der Waals surface area (Å²) in [6.45, 7) is 2.86. The molecule has 0 amide bonds. The van der Waals surface area contributed by atoms with Crippen molar-refractivity contribution in [2.75, 3.05) is 6.61 Å². The first-order chi connectivity index (χ1) is 18.1. The molecule has 2 unspecified atom stereocenters. The van der Waals surface area contributed by atoms with Gasteiger partial charge in [-0.05, 0) is 66.1 Å². The van der Waals surface area contributed by atoms with Crippen LogP contribution in [0.5, 0.6) is 5.75 Å². The summed E-state index contributed by atoms with van der Waals surface area (Å²) < 4.78 is 108. The Hall–Kier alpha value is -3.07. The predicted octanol–water partition coefficient (Wildman–Crippen LogP) is 9.23. The quantitative estimate of drug-likeness (QED) is 0.153. The monoisotopic (exact) mass is 540 g/mol. The third-order valence-electron chi connectivity index (χ3n) is 6.75. The standard InChI is InChI=1S/C29H27F7O2/c1-2-3-4-5-17-6-11-26(37-16-17)19-9-7-18(8-10-19)20-12-24(32)28(25(33)13-20)38-29(35,36)21-14-22(30)27(34)23(31)15-21/h7-10,12-15,17,26H,2-6,11,16H2,1H3. The largest absolute Gasteiger partial charge is 0.427 e. The first kappa shape index (κ1) is 28.0. The van der Waals surface area contributed by atoms with Gasteiger partial charge in [-0.3, -0.25) is 0 Å². The average molecular weight is 541 g/mol. The highest BCUT2D eigenvalue weighted by Crippen LogP contribution is 2.38. The van der Waals surface area contributed by atoms with Gasteiger partial charge in [-0.25, -0.2) is 22.0 Å². The minimum atomic E-state index is -4.55. The minimum absolute atomic E-state index is 0.00715. The fourth-order valence-electron chi connectivity index (χ4n) is 4.60. The Kier molecular flexibility index (Phi) is 8.65. The van der Waals surface area contributed by atoms with Gasteiger partial charge in [-0.2, -0.15) is 8.78 Å². The van der Waals surface area contributed by atoms with E-state index in [-0.39, 0.29) is 23.8 Å². The number of rotatable bonds is 9. The highest BCUT2D eigenvalue weighted by Gasteiger charge is 2.38. The molecule has 4 rings (SSSR count). The number of benzene rings is 3. The Balaban J connectivity index is 1.45. The second-order valence-corrected chi connectivity index (χ2v) is 9.52. The van der Waals surface area contributed by atoms with Gasteiger partial charge >= 0.3 is 6.11 Å². The summed E-state index contributed by atoms with van der Waals surface area (Å²) in [6.07, 6.45) is 2.07. The van der Waals surface area contributed by atoms with E-state index in [0.717, 1.165) is 37.0 Å². The summed E-state index contributed by atoms with van der Waals surface area (Å²) in [4.78, 5) is 0. The molecule has 0 aromatic heterocycles. The molecule has 9 heteroatoms. The molecule has 1 saturated heterocycles. The number of unbranched alkanes of at least 4 members (excludes halogenated alkanes) is 2. The van der Waals surface area contributed by atoms with E-state index in [2.05, 4.69) is 11.7 Å². The molecule has 1 fully saturated rings. The van der Waals surface area contributed by atoms with E-state index in [1.807, 2.05) is 0 Å². The summed E-state index contributed by atoms with van der Waals surface area (Å²) >= 11 is 0. The molecule has 0 aliphatic carbocycles. The second-order valence-electron chi connectivity index (χ2n) is 9.52. The molecule has 0 spiro atoms. The van der Waals surface area contributed by atoms with Crippen molar-refractivity contribution in [1.29, 1.82) is 0 Å². The van der Waals surface area contributed by atoms with Crippen molar-refractivity contribution in [3.05, 3.63) is 88.7 Å². The van der Waals surface area contributed by atoms with Crippen molar-refractivity contribution in [1.82, 2.24) is 0 Å². The Labute approximate surface area is 216 Å². The molecule has 2 atom stereocenters. The van der Waals surface area contributed by atoms with Crippen LogP contribution in [0.1, 0.15) is 62.7 Å². The van der Waals surface area contributed by atoms with Gasteiger partial charge in [-0.1, -0.05) is 50.5 Å². The van der Waals surface area contributed by atoms with Gasteiger partial charge in [0.1, 0.15) is 0 Å². The lowest BCUT2D eigenvalue weighted by atomic mass is 9.90. The Morgan fingerprint density at radius 3 is 2.00 bits per heavy atom. The van der Waals surface area contributed by atoms with Crippen molar-refractivity contribution >= 4 is 0 Å². The van der Waals surface area contributed by atoms with E-state index >= 15 is 0 Å². The smallest absolute Gasteiger partial charge is 0.423 e. The molecule has 0 bridgehead atoms. The highest BCUT2D eigenvalue weighted by molar-refractivity contribution is 5.65. The highest BCUT2D eigenvalue weighted by atomic mass is 19.3. The fourth-order valence-corrected chi connectivity index (χ4v) is 4.60. The average Bonchev–Trinajstić information content (AvgIpc) is 2.89. The van der Waals surface area contributed by atoms with Crippen molar-refractivity contribution < 1.29 is 40.2 Å². The Morgan fingerprint density at radius 1 is 0.816 bits per heavy atom. The molecular formula is C29H27F7O2. The number of ether oxygens (including phenoxy) is 2. The topological polar surface area (TPSA) is 18.5 Å². The molecule has 0 radical (unpaired) electrons. The molecule has 1 aliphatic rings. The van der Waals surface area contributed by atoms with E-state index in [9.17, 15) is 30.7 Å². The molecule has 1 heterocycles. The predicted molar refractivity (Wildman–Crippen MR) is 128 cm³/mol. The van der Waals surface area contributed by atoms with Gasteiger partial charge in [0.05, 0.1) is 18.3 Å². The first-order valence-corrected chi connectivity index (χ1v) is 12.5. The van der Waals surface area contributed by atoms with Crippen LogP contribution in [0.3, 0.4) is 0 Å². The van der Waals surface area contributed by atoms with Crippen LogP contribution in [0.25, 0.3) is 11.1 Å². The van der Waals surface area contributed by atoms with Crippen LogP contribution in [0.2, 0.25) is 0 Å². The van der Waals surface area contributed by atoms with Crippen LogP contribution in [-0.4, -0.2) is 6.61 Å². The van der Waals surface area contributed by atoms with Crippen molar-refractivity contribution in [3.63, 3.8) is 0 Å². The lowest BCUT2D eigenvalue weighted by molar-refractivity contribution is -0.188. The molecule has 0 saturated carbocycles. The maximum Gasteiger partial charge on any atom is 0.427 e. The number of alkyl halides is 2. The lowest BCUT2D eigenvalue weighted by Crippen LogP contribution is -2.24. The van der Waals surface area contributed by atoms with E-state index in [0.29, 0.717) is 18.1 Å². The van der Waals surface area contributed by atoms with Crippen LogP contribution < -0.4 is 4.74 Å². The van der Waals surface area contributed by atoms with E-state index < -0.39 is 46.5 Å². The molecule has 3 aromatic carbocycles. The molecule has 204 valence electrons. The number of hydrogen-bond acceptors (Lipinski definition) is 2. The summed E-state index contributed by atoms with van der Waals surface area (Å²) in [7, 11) is 0. The summed E-state index contributed by atoms with van der Waals surface area (Å²) in [5, 5.41) is 0. The zero-order valence-electron chi connectivity index (χ0n) is 20.7. The zero-order chi connectivity index (χ0) is 27.4. The lowest BCUT2D eigenvalue weighted by Gasteiger charge is -2.29. The van der Waals surface area contributed by atoms with Crippen LogP contribution >= 0.6 is 0 Å². The van der Waals surface area contributed by atoms with Crippen molar-refractivity contribution in [2.45, 2.75) is 57.7 Å². The molecule has 2 nitrogen and oxygen atoms in total. The first-order valence-electron chi connectivity index (χ1n) is 12.5. The van der Waals surface area contributed by atoms with Crippen LogP contribution in [0.15, 0.2) is 48.5 Å². The van der Waals surface area contributed by atoms with Crippen LogP contribution in [0.4, 0.5) is 30.7 Å². The van der Waals surface area contributed by atoms with Gasteiger partial charge in [0, 0.05) is 0 Å². The van der Waals surface area contributed by atoms with Crippen molar-refractivity contribution in [2.24, 2.45) is 5.92 Å². The van der Waals surface area contributed by atoms with Crippen LogP contribution in [0, 0.1) is 35.0 Å². The summed E-state index contributed by atoms with van der Waals surface area (Å²) in [5.74, 6) is -9.53. The van der Waals surface area contributed by atoms with Gasteiger partial charge in [0.25, 0.3) is 0 Å². The van der Waals surface area contributed by atoms with E-state index in [4.69, 9.17) is 4.74 Å². The van der Waals surface area contributed by atoms with Gasteiger partial charge in [-0.15, -0.1) is 0 Å². The second kappa shape index (κ2) is 11.8. The normalized spacial score (nSPS) is 18.0. The van der Waals surface area contributed by atoms with Gasteiger partial charge < -0.3 is 9.47 Å². The maximum atomic E-state index is 14.7. The third-order valence-corrected chi connectivity index (χ3v) is 6.75. The van der Waals surface area contributed by atoms with Crippen LogP contribution in [-0.2, 0) is 10.8 Å².